The zero-order valence-corrected chi connectivity index (χ0v) is 13.4. The van der Waals surface area contributed by atoms with E-state index in [0.29, 0.717) is 5.92 Å². The summed E-state index contributed by atoms with van der Waals surface area (Å²) in [6, 6.07) is 21.2. The number of hydrogen-bond donors (Lipinski definition) is 1. The highest BCUT2D eigenvalue weighted by atomic mass is 16.3. The van der Waals surface area contributed by atoms with Crippen molar-refractivity contribution in [1.29, 1.82) is 0 Å². The Kier molecular flexibility index (Phi) is 3.69. The van der Waals surface area contributed by atoms with E-state index in [-0.39, 0.29) is 11.7 Å². The van der Waals surface area contributed by atoms with E-state index in [1.165, 1.54) is 5.56 Å². The zero-order valence-electron chi connectivity index (χ0n) is 13.4. The standard InChI is InChI=1S/C21H19NO2/c23-18-10-8-15(9-11-18)17-12-13-22(14-17)21(24)20-7-3-5-16-4-1-2-6-19(16)20/h1-11,17,23H,12-14H2. The lowest BCUT2D eigenvalue weighted by molar-refractivity contribution is 0.0792. The molecule has 3 nitrogen and oxygen atoms in total. The van der Waals surface area contributed by atoms with Crippen LogP contribution in [-0.2, 0) is 0 Å². The number of rotatable bonds is 2. The summed E-state index contributed by atoms with van der Waals surface area (Å²) in [6.07, 6.45) is 0.960. The molecule has 1 saturated heterocycles. The third-order valence-corrected chi connectivity index (χ3v) is 4.86. The Morgan fingerprint density at radius 3 is 2.54 bits per heavy atom. The van der Waals surface area contributed by atoms with Crippen molar-refractivity contribution >= 4 is 16.7 Å². The van der Waals surface area contributed by atoms with Gasteiger partial charge in [0.1, 0.15) is 5.75 Å². The van der Waals surface area contributed by atoms with Crippen molar-refractivity contribution in [3.63, 3.8) is 0 Å². The van der Waals surface area contributed by atoms with E-state index in [1.807, 2.05) is 59.5 Å². The van der Waals surface area contributed by atoms with Crippen LogP contribution in [0, 0.1) is 0 Å². The summed E-state index contributed by atoms with van der Waals surface area (Å²) >= 11 is 0. The quantitative estimate of drug-likeness (QED) is 0.770. The fraction of sp³-hybridized carbons (Fsp3) is 0.190. The van der Waals surface area contributed by atoms with Crippen molar-refractivity contribution in [3.05, 3.63) is 77.9 Å². The van der Waals surface area contributed by atoms with Crippen molar-refractivity contribution in [2.24, 2.45) is 0 Å². The van der Waals surface area contributed by atoms with Gasteiger partial charge < -0.3 is 10.0 Å². The second-order valence-electron chi connectivity index (χ2n) is 6.36. The smallest absolute Gasteiger partial charge is 0.254 e. The molecule has 0 aliphatic carbocycles. The van der Waals surface area contributed by atoms with E-state index in [1.54, 1.807) is 12.1 Å². The van der Waals surface area contributed by atoms with E-state index < -0.39 is 0 Å². The number of phenols is 1. The molecule has 1 N–H and O–H groups in total. The van der Waals surface area contributed by atoms with Crippen molar-refractivity contribution in [1.82, 2.24) is 4.90 Å². The van der Waals surface area contributed by atoms with E-state index in [9.17, 15) is 9.90 Å². The highest BCUT2D eigenvalue weighted by molar-refractivity contribution is 6.07. The van der Waals surface area contributed by atoms with Gasteiger partial charge in [-0.1, -0.05) is 48.5 Å². The first-order valence-corrected chi connectivity index (χ1v) is 8.28. The molecule has 0 radical (unpaired) electrons. The number of likely N-dealkylation sites (tertiary alicyclic amines) is 1. The maximum Gasteiger partial charge on any atom is 0.254 e. The maximum atomic E-state index is 13.0. The predicted octanol–water partition coefficient (Wildman–Crippen LogP) is 4.18. The molecular formula is C21H19NO2. The van der Waals surface area contributed by atoms with Gasteiger partial charge in [0, 0.05) is 24.6 Å². The number of phenolic OH excluding ortho intramolecular Hbond substituents is 1. The molecule has 1 aliphatic heterocycles. The van der Waals surface area contributed by atoms with Gasteiger partial charge in [0.2, 0.25) is 0 Å². The topological polar surface area (TPSA) is 40.5 Å². The fourth-order valence-corrected chi connectivity index (χ4v) is 3.55. The number of nitrogens with zero attached hydrogens (tertiary/aromatic N) is 1. The summed E-state index contributed by atoms with van der Waals surface area (Å²) in [5.41, 5.74) is 1.96. The highest BCUT2D eigenvalue weighted by Gasteiger charge is 2.28. The summed E-state index contributed by atoms with van der Waals surface area (Å²) in [5, 5.41) is 11.5. The van der Waals surface area contributed by atoms with Crippen LogP contribution in [0.4, 0.5) is 0 Å². The number of benzene rings is 3. The van der Waals surface area contributed by atoms with E-state index >= 15 is 0 Å². The van der Waals surface area contributed by atoms with Crippen LogP contribution in [0.25, 0.3) is 10.8 Å². The number of aromatic hydroxyl groups is 1. The Morgan fingerprint density at radius 1 is 0.958 bits per heavy atom. The van der Waals surface area contributed by atoms with Gasteiger partial charge >= 0.3 is 0 Å². The number of carbonyl (C=O) groups is 1. The largest absolute Gasteiger partial charge is 0.508 e. The summed E-state index contributed by atoms with van der Waals surface area (Å²) in [7, 11) is 0. The van der Waals surface area contributed by atoms with Gasteiger partial charge in [0.25, 0.3) is 5.91 Å². The second-order valence-corrected chi connectivity index (χ2v) is 6.36. The van der Waals surface area contributed by atoms with Gasteiger partial charge in [0.15, 0.2) is 0 Å². The molecule has 1 fully saturated rings. The van der Waals surface area contributed by atoms with E-state index in [0.717, 1.165) is 35.8 Å². The number of amides is 1. The SMILES string of the molecule is O=C(c1cccc2ccccc12)N1CCC(c2ccc(O)cc2)C1. The molecule has 1 aliphatic rings. The number of carbonyl (C=O) groups excluding carboxylic acids is 1. The maximum absolute atomic E-state index is 13.0. The van der Waals surface area contributed by atoms with Crippen molar-refractivity contribution < 1.29 is 9.90 Å². The first-order chi connectivity index (χ1) is 11.7. The van der Waals surface area contributed by atoms with Gasteiger partial charge in [-0.15, -0.1) is 0 Å². The summed E-state index contributed by atoms with van der Waals surface area (Å²) in [6.45, 7) is 1.50. The second kappa shape index (κ2) is 6.00. The first-order valence-electron chi connectivity index (χ1n) is 8.28. The van der Waals surface area contributed by atoms with Crippen LogP contribution in [0.15, 0.2) is 66.7 Å². The van der Waals surface area contributed by atoms with Gasteiger partial charge in [-0.05, 0) is 41.0 Å². The van der Waals surface area contributed by atoms with Gasteiger partial charge in [0.05, 0.1) is 0 Å². The molecule has 3 aromatic carbocycles. The molecule has 1 amide bonds. The molecule has 1 heterocycles. The lowest BCUT2D eigenvalue weighted by atomic mass is 9.98. The third-order valence-electron chi connectivity index (χ3n) is 4.86. The molecule has 3 aromatic rings. The number of fused-ring (bicyclic) bond motifs is 1. The highest BCUT2D eigenvalue weighted by Crippen LogP contribution is 2.30. The van der Waals surface area contributed by atoms with Gasteiger partial charge in [-0.25, -0.2) is 0 Å². The zero-order chi connectivity index (χ0) is 16.5. The summed E-state index contributed by atoms with van der Waals surface area (Å²) in [5.74, 6) is 0.720. The normalized spacial score (nSPS) is 17.3. The van der Waals surface area contributed by atoms with Crippen molar-refractivity contribution in [2.45, 2.75) is 12.3 Å². The lowest BCUT2D eigenvalue weighted by Gasteiger charge is -2.18. The molecule has 1 atom stereocenters. The Bertz CT molecular complexity index is 880. The van der Waals surface area contributed by atoms with Crippen LogP contribution in [0.5, 0.6) is 5.75 Å². The number of hydrogen-bond acceptors (Lipinski definition) is 2. The molecule has 0 bridgehead atoms. The Balaban J connectivity index is 1.58. The molecule has 3 heteroatoms. The summed E-state index contributed by atoms with van der Waals surface area (Å²) < 4.78 is 0. The molecular weight excluding hydrogens is 298 g/mol. The average molecular weight is 317 g/mol. The van der Waals surface area contributed by atoms with Gasteiger partial charge in [-0.2, -0.15) is 0 Å². The van der Waals surface area contributed by atoms with Gasteiger partial charge in [-0.3, -0.25) is 4.79 Å². The van der Waals surface area contributed by atoms with Crippen molar-refractivity contribution in [3.8, 4) is 5.75 Å². The minimum absolute atomic E-state index is 0.105. The Labute approximate surface area is 141 Å². The lowest BCUT2D eigenvalue weighted by Crippen LogP contribution is -2.28. The van der Waals surface area contributed by atoms with Crippen LogP contribution in [0.2, 0.25) is 0 Å². The molecule has 0 aromatic heterocycles. The average Bonchev–Trinajstić information content (AvgIpc) is 3.11. The van der Waals surface area contributed by atoms with Crippen LogP contribution in [0.1, 0.15) is 28.3 Å². The monoisotopic (exact) mass is 317 g/mol. The van der Waals surface area contributed by atoms with Crippen LogP contribution in [0.3, 0.4) is 0 Å². The van der Waals surface area contributed by atoms with Crippen LogP contribution < -0.4 is 0 Å². The predicted molar refractivity (Wildman–Crippen MR) is 95.3 cm³/mol. The Morgan fingerprint density at radius 2 is 1.71 bits per heavy atom. The third kappa shape index (κ3) is 2.62. The minimum atomic E-state index is 0.105. The molecule has 1 unspecified atom stereocenters. The first kappa shape index (κ1) is 14.8. The van der Waals surface area contributed by atoms with E-state index in [2.05, 4.69) is 0 Å². The molecule has 4 rings (SSSR count). The summed E-state index contributed by atoms with van der Waals surface area (Å²) in [4.78, 5) is 14.9. The van der Waals surface area contributed by atoms with Crippen molar-refractivity contribution in [2.75, 3.05) is 13.1 Å². The van der Waals surface area contributed by atoms with Crippen LogP contribution in [-0.4, -0.2) is 29.0 Å². The molecule has 24 heavy (non-hydrogen) atoms. The molecule has 0 saturated carbocycles. The molecule has 0 spiro atoms. The van der Waals surface area contributed by atoms with E-state index in [4.69, 9.17) is 0 Å². The molecule has 120 valence electrons. The Hall–Kier alpha value is -2.81. The fourth-order valence-electron chi connectivity index (χ4n) is 3.55. The minimum Gasteiger partial charge on any atom is -0.508 e. The van der Waals surface area contributed by atoms with Crippen LogP contribution >= 0.6 is 0 Å².